The van der Waals surface area contributed by atoms with E-state index in [-0.39, 0.29) is 11.3 Å². The fraction of sp³-hybridized carbons (Fsp3) is 0. The minimum absolute atomic E-state index is 0.0741. The first-order valence-electron chi connectivity index (χ1n) is 4.03. The Balaban J connectivity index is 0.000000187. The summed E-state index contributed by atoms with van der Waals surface area (Å²) in [6.07, 6.45) is 3.24. The highest BCUT2D eigenvalue weighted by molar-refractivity contribution is 5.87. The van der Waals surface area contributed by atoms with Gasteiger partial charge in [0.1, 0.15) is 5.75 Å². The monoisotopic (exact) mass is 207 g/mol. The first-order valence-corrected chi connectivity index (χ1v) is 4.03. The van der Waals surface area contributed by atoms with E-state index in [1.165, 1.54) is 24.3 Å². The van der Waals surface area contributed by atoms with Gasteiger partial charge in [0.2, 0.25) is 0 Å². The van der Waals surface area contributed by atoms with E-state index in [0.29, 0.717) is 0 Å². The first kappa shape index (κ1) is 10.7. The van der Waals surface area contributed by atoms with Gasteiger partial charge in [-0.2, -0.15) is 0 Å². The summed E-state index contributed by atoms with van der Waals surface area (Å²) in [6, 6.07) is 5.36. The van der Waals surface area contributed by atoms with Gasteiger partial charge < -0.3 is 10.2 Å². The molecule has 1 aromatic heterocycles. The van der Waals surface area contributed by atoms with Gasteiger partial charge in [0.25, 0.3) is 0 Å². The lowest BCUT2D eigenvalue weighted by molar-refractivity contribution is 0.0697. The number of aromatic nitrogens is 3. The molecule has 0 amide bonds. The summed E-state index contributed by atoms with van der Waals surface area (Å²) < 4.78 is 0. The van der Waals surface area contributed by atoms with Crippen LogP contribution < -0.4 is 0 Å². The normalized spacial score (nSPS) is 8.80. The van der Waals surface area contributed by atoms with Crippen molar-refractivity contribution >= 4 is 5.97 Å². The van der Waals surface area contributed by atoms with E-state index in [2.05, 4.69) is 15.4 Å². The van der Waals surface area contributed by atoms with Crippen LogP contribution in [0.15, 0.2) is 36.7 Å². The van der Waals surface area contributed by atoms with E-state index in [0.717, 1.165) is 0 Å². The topological polar surface area (TPSA) is 99.1 Å². The number of benzene rings is 1. The van der Waals surface area contributed by atoms with Crippen LogP contribution in [-0.4, -0.2) is 31.6 Å². The molecule has 6 heteroatoms. The molecule has 0 unspecified atom stereocenters. The maximum absolute atomic E-state index is 10.2. The fourth-order valence-electron chi connectivity index (χ4n) is 0.771. The van der Waals surface area contributed by atoms with Gasteiger partial charge in [-0.3, -0.25) is 5.10 Å². The molecule has 0 radical (unpaired) electrons. The van der Waals surface area contributed by atoms with Crippen molar-refractivity contribution in [1.29, 1.82) is 0 Å². The van der Waals surface area contributed by atoms with E-state index in [9.17, 15) is 4.79 Å². The van der Waals surface area contributed by atoms with Crippen LogP contribution in [0.4, 0.5) is 0 Å². The lowest BCUT2D eigenvalue weighted by Crippen LogP contribution is -1.93. The van der Waals surface area contributed by atoms with Crippen LogP contribution in [0.2, 0.25) is 0 Å². The van der Waals surface area contributed by atoms with Crippen molar-refractivity contribution < 1.29 is 15.0 Å². The summed E-state index contributed by atoms with van der Waals surface area (Å²) in [5.41, 5.74) is 0.179. The number of nitrogens with zero attached hydrogens (tertiary/aromatic N) is 2. The predicted molar refractivity (Wildman–Crippen MR) is 51.4 cm³/mol. The first-order chi connectivity index (χ1) is 7.20. The average Bonchev–Trinajstić information content (AvgIpc) is 2.76. The molecule has 3 N–H and O–H groups in total. The van der Waals surface area contributed by atoms with Crippen molar-refractivity contribution in [3.8, 4) is 5.75 Å². The smallest absolute Gasteiger partial charge is 0.335 e. The average molecular weight is 207 g/mol. The third-order valence-electron chi connectivity index (χ3n) is 1.45. The molecular formula is C9H9N3O3. The van der Waals surface area contributed by atoms with Gasteiger partial charge in [0.15, 0.2) is 0 Å². The van der Waals surface area contributed by atoms with Crippen molar-refractivity contribution in [3.63, 3.8) is 0 Å². The highest BCUT2D eigenvalue weighted by Crippen LogP contribution is 2.08. The molecule has 0 aliphatic heterocycles. The van der Waals surface area contributed by atoms with Crippen LogP contribution in [0.5, 0.6) is 5.75 Å². The predicted octanol–water partition coefficient (Wildman–Crippen LogP) is 0.895. The number of carbonyl (C=O) groups is 1. The largest absolute Gasteiger partial charge is 0.508 e. The van der Waals surface area contributed by atoms with Crippen molar-refractivity contribution in [3.05, 3.63) is 42.2 Å². The molecule has 0 bridgehead atoms. The summed E-state index contributed by atoms with van der Waals surface area (Å²) in [4.78, 5) is 10.2. The summed E-state index contributed by atoms with van der Waals surface area (Å²) in [5, 5.41) is 26.4. The van der Waals surface area contributed by atoms with Gasteiger partial charge in [-0.05, 0) is 24.3 Å². The third-order valence-corrected chi connectivity index (χ3v) is 1.45. The second kappa shape index (κ2) is 5.38. The van der Waals surface area contributed by atoms with Gasteiger partial charge in [0, 0.05) is 6.20 Å². The molecule has 1 heterocycles. The molecule has 15 heavy (non-hydrogen) atoms. The van der Waals surface area contributed by atoms with Gasteiger partial charge in [-0.25, -0.2) is 4.79 Å². The van der Waals surface area contributed by atoms with Gasteiger partial charge in [-0.1, -0.05) is 5.21 Å². The lowest BCUT2D eigenvalue weighted by Gasteiger charge is -1.92. The Kier molecular flexibility index (Phi) is 3.84. The van der Waals surface area contributed by atoms with E-state index in [1.54, 1.807) is 12.4 Å². The van der Waals surface area contributed by atoms with E-state index in [4.69, 9.17) is 10.2 Å². The number of hydrogen-bond donors (Lipinski definition) is 3. The molecule has 2 rings (SSSR count). The number of rotatable bonds is 1. The van der Waals surface area contributed by atoms with E-state index in [1.807, 2.05) is 0 Å². The van der Waals surface area contributed by atoms with Crippen LogP contribution in [0, 0.1) is 0 Å². The van der Waals surface area contributed by atoms with E-state index >= 15 is 0 Å². The number of phenols is 1. The van der Waals surface area contributed by atoms with Crippen LogP contribution in [-0.2, 0) is 0 Å². The molecule has 0 aliphatic carbocycles. The number of aromatic amines is 1. The van der Waals surface area contributed by atoms with Crippen LogP contribution in [0.1, 0.15) is 10.4 Å². The Morgan fingerprint density at radius 2 is 1.93 bits per heavy atom. The lowest BCUT2D eigenvalue weighted by atomic mass is 10.2. The molecule has 78 valence electrons. The molecule has 2 aromatic rings. The number of H-pyrrole nitrogens is 1. The van der Waals surface area contributed by atoms with Gasteiger partial charge in [-0.15, -0.1) is 5.10 Å². The second-order valence-electron chi connectivity index (χ2n) is 2.51. The van der Waals surface area contributed by atoms with Crippen molar-refractivity contribution in [2.75, 3.05) is 0 Å². The highest BCUT2D eigenvalue weighted by Gasteiger charge is 1.99. The van der Waals surface area contributed by atoms with Gasteiger partial charge >= 0.3 is 5.97 Å². The Hall–Kier alpha value is -2.37. The van der Waals surface area contributed by atoms with Gasteiger partial charge in [0.05, 0.1) is 11.8 Å². The highest BCUT2D eigenvalue weighted by atomic mass is 16.4. The standard InChI is InChI=1S/C7H6O3.C2H3N3/c8-6-3-1-5(2-4-6)7(9)10;1-2-4-5-3-1/h1-4,8H,(H,9,10);1-2H,(H,3,4,5). The van der Waals surface area contributed by atoms with Crippen LogP contribution >= 0.6 is 0 Å². The quantitative estimate of drug-likeness (QED) is 0.645. The zero-order valence-corrected chi connectivity index (χ0v) is 7.66. The Bertz CT molecular complexity index is 380. The minimum Gasteiger partial charge on any atom is -0.508 e. The molecule has 0 aliphatic rings. The maximum Gasteiger partial charge on any atom is 0.335 e. The summed E-state index contributed by atoms with van der Waals surface area (Å²) in [6.45, 7) is 0. The summed E-state index contributed by atoms with van der Waals surface area (Å²) in [5.74, 6) is -0.912. The number of hydrogen-bond acceptors (Lipinski definition) is 4. The Morgan fingerprint density at radius 3 is 2.27 bits per heavy atom. The molecular weight excluding hydrogens is 198 g/mol. The molecule has 1 aromatic carbocycles. The zero-order valence-electron chi connectivity index (χ0n) is 7.66. The molecule has 0 saturated carbocycles. The summed E-state index contributed by atoms with van der Waals surface area (Å²) in [7, 11) is 0. The fourth-order valence-corrected chi connectivity index (χ4v) is 0.771. The number of aromatic hydroxyl groups is 1. The number of nitrogens with one attached hydrogen (secondary N) is 1. The SMILES string of the molecule is O=C(O)c1ccc(O)cc1.c1c[nH]nn1. The van der Waals surface area contributed by atoms with Crippen molar-refractivity contribution in [1.82, 2.24) is 15.4 Å². The van der Waals surface area contributed by atoms with Crippen LogP contribution in [0.3, 0.4) is 0 Å². The molecule has 0 saturated heterocycles. The van der Waals surface area contributed by atoms with Crippen LogP contribution in [0.25, 0.3) is 0 Å². The Morgan fingerprint density at radius 1 is 1.27 bits per heavy atom. The maximum atomic E-state index is 10.2. The molecule has 6 nitrogen and oxygen atoms in total. The summed E-state index contributed by atoms with van der Waals surface area (Å²) >= 11 is 0. The van der Waals surface area contributed by atoms with E-state index < -0.39 is 5.97 Å². The molecule has 0 spiro atoms. The Labute approximate surface area is 85.2 Å². The minimum atomic E-state index is -0.986. The molecule has 0 atom stereocenters. The number of phenolic OH excluding ortho intramolecular Hbond substituents is 1. The van der Waals surface area contributed by atoms with Crippen molar-refractivity contribution in [2.45, 2.75) is 0 Å². The second-order valence-corrected chi connectivity index (χ2v) is 2.51. The number of aromatic carboxylic acids is 1. The zero-order chi connectivity index (χ0) is 11.1. The molecule has 0 fully saturated rings. The third kappa shape index (κ3) is 3.90. The number of carboxylic acids is 1. The number of carboxylic acid groups (broad SMARTS) is 1. The van der Waals surface area contributed by atoms with Crippen molar-refractivity contribution in [2.24, 2.45) is 0 Å².